The number of benzene rings is 3. The molecule has 26 heavy (non-hydrogen) atoms. The molecule has 0 heterocycles. The zero-order valence-electron chi connectivity index (χ0n) is 15.5. The van der Waals surface area contributed by atoms with Crippen molar-refractivity contribution < 1.29 is 0 Å². The van der Waals surface area contributed by atoms with Crippen molar-refractivity contribution in [3.63, 3.8) is 0 Å². The summed E-state index contributed by atoms with van der Waals surface area (Å²) in [5.74, 6) is 0. The van der Waals surface area contributed by atoms with E-state index in [1.165, 1.54) is 44.2 Å². The third-order valence-electron chi connectivity index (χ3n) is 6.27. The van der Waals surface area contributed by atoms with Crippen molar-refractivity contribution >= 4 is 10.8 Å². The van der Waals surface area contributed by atoms with Gasteiger partial charge < -0.3 is 0 Å². The normalized spacial score (nSPS) is 20.8. The maximum absolute atomic E-state index is 2.47. The zero-order valence-corrected chi connectivity index (χ0v) is 15.5. The van der Waals surface area contributed by atoms with E-state index < -0.39 is 0 Å². The fraction of sp³-hybridized carbons (Fsp3) is 0.231. The summed E-state index contributed by atoms with van der Waals surface area (Å²) in [6.45, 7) is 4.48. The molecule has 0 aromatic heterocycles. The highest BCUT2D eigenvalue weighted by Crippen LogP contribution is 2.56. The minimum atomic E-state index is 0.0684. The van der Waals surface area contributed by atoms with Crippen LogP contribution >= 0.6 is 0 Å². The first kappa shape index (κ1) is 15.6. The average molecular weight is 336 g/mol. The van der Waals surface area contributed by atoms with Crippen molar-refractivity contribution in [2.24, 2.45) is 0 Å². The van der Waals surface area contributed by atoms with E-state index in [1.807, 2.05) is 0 Å². The van der Waals surface area contributed by atoms with Crippen molar-refractivity contribution in [3.8, 4) is 11.1 Å². The van der Waals surface area contributed by atoms with Gasteiger partial charge >= 0.3 is 0 Å². The number of allylic oxidation sites excluding steroid dienone is 4. The van der Waals surface area contributed by atoms with Gasteiger partial charge in [-0.1, -0.05) is 78.4 Å². The van der Waals surface area contributed by atoms with Crippen LogP contribution in [0.5, 0.6) is 0 Å². The third kappa shape index (κ3) is 2.08. The minimum absolute atomic E-state index is 0.0684. The molecule has 0 bridgehead atoms. The van der Waals surface area contributed by atoms with Crippen LogP contribution in [0.4, 0.5) is 0 Å². The van der Waals surface area contributed by atoms with Gasteiger partial charge in [0.1, 0.15) is 0 Å². The van der Waals surface area contributed by atoms with E-state index in [0.717, 1.165) is 19.3 Å². The van der Waals surface area contributed by atoms with Gasteiger partial charge in [0.2, 0.25) is 0 Å². The molecular weight excluding hydrogens is 312 g/mol. The first-order valence-electron chi connectivity index (χ1n) is 9.65. The number of aryl methyl sites for hydroxylation is 2. The Morgan fingerprint density at radius 3 is 2.23 bits per heavy atom. The predicted octanol–water partition coefficient (Wildman–Crippen LogP) is 7.02. The summed E-state index contributed by atoms with van der Waals surface area (Å²) in [7, 11) is 0. The molecule has 0 nitrogen and oxygen atoms in total. The first-order chi connectivity index (χ1) is 12.7. The molecule has 2 aliphatic rings. The van der Waals surface area contributed by atoms with Crippen molar-refractivity contribution in [2.45, 2.75) is 38.5 Å². The third-order valence-corrected chi connectivity index (χ3v) is 6.27. The highest BCUT2D eigenvalue weighted by Gasteiger charge is 2.42. The summed E-state index contributed by atoms with van der Waals surface area (Å²) < 4.78 is 0. The Balaban J connectivity index is 1.93. The number of hydrogen-bond donors (Lipinski definition) is 0. The SMILES string of the molecule is Cc1ccc2c(c1)C1(CC=CCC=CC1)c1cc(C)c3ccccc3c1-2. The average Bonchev–Trinajstić information content (AvgIpc) is 2.88. The predicted molar refractivity (Wildman–Crippen MR) is 112 cm³/mol. The van der Waals surface area contributed by atoms with Crippen molar-refractivity contribution in [3.05, 3.63) is 95.1 Å². The summed E-state index contributed by atoms with van der Waals surface area (Å²) in [5.41, 5.74) is 8.74. The van der Waals surface area contributed by atoms with E-state index in [0.29, 0.717) is 0 Å². The summed E-state index contributed by atoms with van der Waals surface area (Å²) in [5, 5.41) is 2.78. The maximum Gasteiger partial charge on any atom is 0.0284 e. The standard InChI is InChI=1S/C26H24/c1-18-12-13-22-23(16-18)26(14-8-4-3-5-9-15-26)24-17-19(2)20-10-6-7-11-21(20)25(22)24/h4-13,16-17H,3,14-15H2,1-2H3. The zero-order chi connectivity index (χ0) is 17.7. The monoisotopic (exact) mass is 336 g/mol. The van der Waals surface area contributed by atoms with Crippen LogP contribution in [0.25, 0.3) is 21.9 Å². The molecule has 0 radical (unpaired) electrons. The van der Waals surface area contributed by atoms with Crippen LogP contribution < -0.4 is 0 Å². The van der Waals surface area contributed by atoms with Crippen molar-refractivity contribution in [2.75, 3.05) is 0 Å². The molecule has 3 aromatic rings. The fourth-order valence-electron chi connectivity index (χ4n) is 5.00. The van der Waals surface area contributed by atoms with E-state index in [2.05, 4.69) is 86.7 Å². The topological polar surface area (TPSA) is 0 Å². The van der Waals surface area contributed by atoms with Crippen LogP contribution in [0.3, 0.4) is 0 Å². The summed E-state index contributed by atoms with van der Waals surface area (Å²) in [4.78, 5) is 0. The molecule has 1 spiro atoms. The highest BCUT2D eigenvalue weighted by atomic mass is 14.4. The quantitative estimate of drug-likeness (QED) is 0.387. The molecule has 0 atom stereocenters. The Morgan fingerprint density at radius 2 is 1.46 bits per heavy atom. The smallest absolute Gasteiger partial charge is 0.0284 e. The van der Waals surface area contributed by atoms with Gasteiger partial charge in [-0.05, 0) is 71.7 Å². The Morgan fingerprint density at radius 1 is 0.731 bits per heavy atom. The summed E-state index contributed by atoms with van der Waals surface area (Å²) in [6.07, 6.45) is 12.7. The van der Waals surface area contributed by atoms with E-state index in [1.54, 1.807) is 0 Å². The molecular formula is C26H24. The van der Waals surface area contributed by atoms with Gasteiger partial charge in [0, 0.05) is 5.41 Å². The molecule has 0 unspecified atom stereocenters. The molecule has 0 amide bonds. The van der Waals surface area contributed by atoms with Gasteiger partial charge in [0.05, 0.1) is 0 Å². The van der Waals surface area contributed by atoms with Gasteiger partial charge in [-0.15, -0.1) is 0 Å². The molecule has 0 heteroatoms. The van der Waals surface area contributed by atoms with Crippen molar-refractivity contribution in [1.29, 1.82) is 0 Å². The molecule has 0 fully saturated rings. The van der Waals surface area contributed by atoms with Crippen LogP contribution in [0.1, 0.15) is 41.5 Å². The molecule has 3 aromatic carbocycles. The van der Waals surface area contributed by atoms with Crippen LogP contribution in [0.2, 0.25) is 0 Å². The highest BCUT2D eigenvalue weighted by molar-refractivity contribution is 6.04. The summed E-state index contributed by atoms with van der Waals surface area (Å²) >= 11 is 0. The molecule has 5 rings (SSSR count). The van der Waals surface area contributed by atoms with E-state index in [4.69, 9.17) is 0 Å². The number of hydrogen-bond acceptors (Lipinski definition) is 0. The van der Waals surface area contributed by atoms with Gasteiger partial charge in [-0.25, -0.2) is 0 Å². The Hall–Kier alpha value is -2.60. The molecule has 0 N–H and O–H groups in total. The van der Waals surface area contributed by atoms with Crippen LogP contribution in [-0.2, 0) is 5.41 Å². The van der Waals surface area contributed by atoms with Gasteiger partial charge in [-0.3, -0.25) is 0 Å². The van der Waals surface area contributed by atoms with Crippen LogP contribution in [0.15, 0.2) is 72.8 Å². The number of fused-ring (bicyclic) bond motifs is 7. The maximum atomic E-state index is 2.47. The van der Waals surface area contributed by atoms with E-state index >= 15 is 0 Å². The first-order valence-corrected chi connectivity index (χ1v) is 9.65. The second-order valence-corrected chi connectivity index (χ2v) is 7.88. The summed E-state index contributed by atoms with van der Waals surface area (Å²) in [6, 6.07) is 18.4. The molecule has 0 saturated heterocycles. The molecule has 2 aliphatic carbocycles. The van der Waals surface area contributed by atoms with E-state index in [9.17, 15) is 0 Å². The lowest BCUT2D eigenvalue weighted by Gasteiger charge is -2.31. The molecule has 128 valence electrons. The van der Waals surface area contributed by atoms with Gasteiger partial charge in [-0.2, -0.15) is 0 Å². The van der Waals surface area contributed by atoms with Gasteiger partial charge in [0.25, 0.3) is 0 Å². The largest absolute Gasteiger partial charge is 0.0870 e. The number of rotatable bonds is 0. The van der Waals surface area contributed by atoms with Crippen molar-refractivity contribution in [1.82, 2.24) is 0 Å². The lowest BCUT2D eigenvalue weighted by Crippen LogP contribution is -2.24. The lowest BCUT2D eigenvalue weighted by atomic mass is 9.71. The Bertz CT molecular complexity index is 1060. The molecule has 0 saturated carbocycles. The van der Waals surface area contributed by atoms with Crippen LogP contribution in [-0.4, -0.2) is 0 Å². The van der Waals surface area contributed by atoms with Gasteiger partial charge in [0.15, 0.2) is 0 Å². The Labute approximate surface area is 155 Å². The van der Waals surface area contributed by atoms with E-state index in [-0.39, 0.29) is 5.41 Å². The fourth-order valence-corrected chi connectivity index (χ4v) is 5.00. The molecule has 0 aliphatic heterocycles. The van der Waals surface area contributed by atoms with Crippen LogP contribution in [0, 0.1) is 13.8 Å². The second kappa shape index (κ2) is 5.71. The second-order valence-electron chi connectivity index (χ2n) is 7.88. The Kier molecular flexibility index (Phi) is 3.43. The minimum Gasteiger partial charge on any atom is -0.0870 e. The lowest BCUT2D eigenvalue weighted by molar-refractivity contribution is 0.539.